The van der Waals surface area contributed by atoms with Crippen LogP contribution in [0.1, 0.15) is 51.5 Å². The summed E-state index contributed by atoms with van der Waals surface area (Å²) < 4.78 is 0. The molecule has 1 aromatic rings. The second kappa shape index (κ2) is 8.31. The van der Waals surface area contributed by atoms with E-state index in [4.69, 9.17) is 0 Å². The van der Waals surface area contributed by atoms with E-state index in [0.29, 0.717) is 6.04 Å². The van der Waals surface area contributed by atoms with Crippen molar-refractivity contribution in [1.29, 1.82) is 0 Å². The second-order valence-corrected chi connectivity index (χ2v) is 6.06. The number of aryl methyl sites for hydroxylation is 1. The summed E-state index contributed by atoms with van der Waals surface area (Å²) in [6, 6.07) is 9.73. The topological polar surface area (TPSA) is 15.3 Å². The molecule has 0 aromatic heterocycles. The Morgan fingerprint density at radius 2 is 1.75 bits per heavy atom. The number of rotatable bonds is 7. The number of piperidine rings is 1. The normalized spacial score (nSPS) is 17.3. The Hall–Kier alpha value is -1.02. The van der Waals surface area contributed by atoms with E-state index in [9.17, 15) is 0 Å². The van der Waals surface area contributed by atoms with E-state index in [1.807, 2.05) is 0 Å². The van der Waals surface area contributed by atoms with E-state index in [2.05, 4.69) is 48.3 Å². The molecule has 0 unspecified atom stereocenters. The maximum Gasteiger partial charge on any atom is 0.0342 e. The summed E-state index contributed by atoms with van der Waals surface area (Å²) >= 11 is 0. The number of unbranched alkanes of at least 4 members (excludes halogenated alkanes) is 1. The standard InChI is InChI=1S/C18H30N2/c1-3-5-6-16-7-9-17(10-8-16)19-18-11-14-20(13-4-2)15-12-18/h7-10,18-19H,3-6,11-15H2,1-2H3. The van der Waals surface area contributed by atoms with Gasteiger partial charge in [0, 0.05) is 24.8 Å². The van der Waals surface area contributed by atoms with Gasteiger partial charge in [-0.1, -0.05) is 32.4 Å². The maximum absolute atomic E-state index is 3.70. The van der Waals surface area contributed by atoms with Crippen LogP contribution in [0.4, 0.5) is 5.69 Å². The third-order valence-electron chi connectivity index (χ3n) is 4.27. The Bertz CT molecular complexity index is 364. The van der Waals surface area contributed by atoms with Crippen LogP contribution in [-0.4, -0.2) is 30.6 Å². The average Bonchev–Trinajstić information content (AvgIpc) is 2.49. The largest absolute Gasteiger partial charge is 0.382 e. The zero-order chi connectivity index (χ0) is 14.2. The average molecular weight is 274 g/mol. The Kier molecular flexibility index (Phi) is 6.38. The molecule has 2 nitrogen and oxygen atoms in total. The van der Waals surface area contributed by atoms with Crippen molar-refractivity contribution in [2.45, 2.75) is 58.4 Å². The van der Waals surface area contributed by atoms with Crippen LogP contribution in [0, 0.1) is 0 Å². The SMILES string of the molecule is CCCCc1ccc(NC2CCN(CCC)CC2)cc1. The Labute approximate surface area is 124 Å². The zero-order valence-corrected chi connectivity index (χ0v) is 13.2. The van der Waals surface area contributed by atoms with Crippen molar-refractivity contribution in [3.63, 3.8) is 0 Å². The minimum atomic E-state index is 0.657. The van der Waals surface area contributed by atoms with Crippen molar-refractivity contribution >= 4 is 5.69 Å². The monoisotopic (exact) mass is 274 g/mol. The van der Waals surface area contributed by atoms with Crippen molar-refractivity contribution in [3.05, 3.63) is 29.8 Å². The van der Waals surface area contributed by atoms with Crippen LogP contribution in [0.25, 0.3) is 0 Å². The lowest BCUT2D eigenvalue weighted by Gasteiger charge is -2.32. The molecule has 1 heterocycles. The Balaban J connectivity index is 1.76. The van der Waals surface area contributed by atoms with Gasteiger partial charge in [0.15, 0.2) is 0 Å². The fourth-order valence-corrected chi connectivity index (χ4v) is 3.00. The predicted octanol–water partition coefficient (Wildman–Crippen LogP) is 4.32. The number of hydrogen-bond acceptors (Lipinski definition) is 2. The first-order chi connectivity index (χ1) is 9.81. The summed E-state index contributed by atoms with van der Waals surface area (Å²) in [6.45, 7) is 8.28. The predicted molar refractivity (Wildman–Crippen MR) is 88.4 cm³/mol. The highest BCUT2D eigenvalue weighted by Gasteiger charge is 2.17. The van der Waals surface area contributed by atoms with E-state index < -0.39 is 0 Å². The van der Waals surface area contributed by atoms with Crippen molar-refractivity contribution in [2.24, 2.45) is 0 Å². The van der Waals surface area contributed by atoms with Crippen LogP contribution < -0.4 is 5.32 Å². The van der Waals surface area contributed by atoms with Crippen molar-refractivity contribution < 1.29 is 0 Å². The molecule has 1 aliphatic heterocycles. The lowest BCUT2D eigenvalue weighted by Crippen LogP contribution is -2.39. The lowest BCUT2D eigenvalue weighted by molar-refractivity contribution is 0.219. The van der Waals surface area contributed by atoms with E-state index >= 15 is 0 Å². The molecule has 0 spiro atoms. The number of anilines is 1. The van der Waals surface area contributed by atoms with Crippen molar-refractivity contribution in [1.82, 2.24) is 4.90 Å². The molecule has 1 N–H and O–H groups in total. The smallest absolute Gasteiger partial charge is 0.0342 e. The van der Waals surface area contributed by atoms with E-state index in [1.165, 1.54) is 69.4 Å². The van der Waals surface area contributed by atoms with Crippen molar-refractivity contribution in [3.8, 4) is 0 Å². The highest BCUT2D eigenvalue weighted by molar-refractivity contribution is 5.45. The highest BCUT2D eigenvalue weighted by Crippen LogP contribution is 2.18. The molecule has 1 aromatic carbocycles. The van der Waals surface area contributed by atoms with Gasteiger partial charge in [0.05, 0.1) is 0 Å². The number of benzene rings is 1. The summed E-state index contributed by atoms with van der Waals surface area (Å²) in [5.74, 6) is 0. The van der Waals surface area contributed by atoms with Crippen molar-refractivity contribution in [2.75, 3.05) is 25.0 Å². The minimum Gasteiger partial charge on any atom is -0.382 e. The quantitative estimate of drug-likeness (QED) is 0.797. The third-order valence-corrected chi connectivity index (χ3v) is 4.27. The van der Waals surface area contributed by atoms with Crippen LogP contribution in [0.3, 0.4) is 0 Å². The molecule has 2 heteroatoms. The van der Waals surface area contributed by atoms with Crippen LogP contribution in [-0.2, 0) is 6.42 Å². The number of nitrogens with zero attached hydrogens (tertiary/aromatic N) is 1. The van der Waals surface area contributed by atoms with E-state index in [-0.39, 0.29) is 0 Å². The fraction of sp³-hybridized carbons (Fsp3) is 0.667. The summed E-state index contributed by atoms with van der Waals surface area (Å²) in [4.78, 5) is 2.59. The summed E-state index contributed by atoms with van der Waals surface area (Å²) in [5, 5.41) is 3.70. The molecule has 0 aliphatic carbocycles. The summed E-state index contributed by atoms with van der Waals surface area (Å²) in [7, 11) is 0. The Morgan fingerprint density at radius 3 is 2.35 bits per heavy atom. The number of nitrogens with one attached hydrogen (secondary N) is 1. The van der Waals surface area contributed by atoms with Gasteiger partial charge in [-0.05, 0) is 56.3 Å². The molecule has 0 saturated carbocycles. The highest BCUT2D eigenvalue weighted by atomic mass is 15.1. The number of likely N-dealkylation sites (tertiary alicyclic amines) is 1. The minimum absolute atomic E-state index is 0.657. The molecule has 2 rings (SSSR count). The summed E-state index contributed by atoms with van der Waals surface area (Å²) in [5.41, 5.74) is 2.76. The first-order valence-electron chi connectivity index (χ1n) is 8.39. The fourth-order valence-electron chi connectivity index (χ4n) is 3.00. The summed E-state index contributed by atoms with van der Waals surface area (Å²) in [6.07, 6.45) is 7.61. The molecule has 1 saturated heterocycles. The van der Waals surface area contributed by atoms with Gasteiger partial charge >= 0.3 is 0 Å². The van der Waals surface area contributed by atoms with Gasteiger partial charge in [-0.2, -0.15) is 0 Å². The van der Waals surface area contributed by atoms with Gasteiger partial charge in [0.2, 0.25) is 0 Å². The number of hydrogen-bond donors (Lipinski definition) is 1. The van der Waals surface area contributed by atoms with Gasteiger partial charge in [0.1, 0.15) is 0 Å². The van der Waals surface area contributed by atoms with Gasteiger partial charge in [-0.15, -0.1) is 0 Å². The molecule has 1 aliphatic rings. The zero-order valence-electron chi connectivity index (χ0n) is 13.2. The molecule has 112 valence electrons. The van der Waals surface area contributed by atoms with Crippen LogP contribution in [0.5, 0.6) is 0 Å². The van der Waals surface area contributed by atoms with Gasteiger partial charge in [-0.3, -0.25) is 0 Å². The van der Waals surface area contributed by atoms with Gasteiger partial charge in [-0.25, -0.2) is 0 Å². The Morgan fingerprint density at radius 1 is 1.05 bits per heavy atom. The molecule has 0 amide bonds. The van der Waals surface area contributed by atoms with Gasteiger partial charge in [0.25, 0.3) is 0 Å². The molecule has 20 heavy (non-hydrogen) atoms. The van der Waals surface area contributed by atoms with E-state index in [0.717, 1.165) is 0 Å². The molecular weight excluding hydrogens is 244 g/mol. The lowest BCUT2D eigenvalue weighted by atomic mass is 10.0. The molecule has 0 atom stereocenters. The van der Waals surface area contributed by atoms with Crippen LogP contribution in [0.15, 0.2) is 24.3 Å². The maximum atomic E-state index is 3.70. The molecular formula is C18H30N2. The molecule has 1 fully saturated rings. The first-order valence-corrected chi connectivity index (χ1v) is 8.39. The van der Waals surface area contributed by atoms with Gasteiger partial charge < -0.3 is 10.2 Å². The molecule has 0 bridgehead atoms. The molecule has 0 radical (unpaired) electrons. The third kappa shape index (κ3) is 4.82. The van der Waals surface area contributed by atoms with Crippen LogP contribution in [0.2, 0.25) is 0 Å². The van der Waals surface area contributed by atoms with Crippen LogP contribution >= 0.6 is 0 Å². The van der Waals surface area contributed by atoms with E-state index in [1.54, 1.807) is 0 Å². The second-order valence-electron chi connectivity index (χ2n) is 6.06. The first kappa shape index (κ1) is 15.4.